The monoisotopic (exact) mass is 397 g/mol. The van der Waals surface area contributed by atoms with Crippen molar-refractivity contribution >= 4 is 22.4 Å². The van der Waals surface area contributed by atoms with Gasteiger partial charge in [-0.1, -0.05) is 51.1 Å². The van der Waals surface area contributed by atoms with Crippen LogP contribution in [0.25, 0.3) is 0 Å². The van der Waals surface area contributed by atoms with Gasteiger partial charge in [0.1, 0.15) is 12.3 Å². The van der Waals surface area contributed by atoms with Crippen LogP contribution >= 0.6 is 11.3 Å². The molecule has 2 heterocycles. The maximum absolute atomic E-state index is 12.6. The molecule has 0 aliphatic rings. The van der Waals surface area contributed by atoms with Crippen LogP contribution in [0.3, 0.4) is 0 Å². The lowest BCUT2D eigenvalue weighted by Crippen LogP contribution is -2.22. The molecule has 1 aromatic carbocycles. The van der Waals surface area contributed by atoms with Crippen LogP contribution in [0, 0.1) is 0 Å². The van der Waals surface area contributed by atoms with Crippen LogP contribution < -0.4 is 15.5 Å². The lowest BCUT2D eigenvalue weighted by molar-refractivity contribution is 0.101. The van der Waals surface area contributed by atoms with Gasteiger partial charge in [0.15, 0.2) is 10.9 Å². The first-order valence-electron chi connectivity index (χ1n) is 8.89. The Kier molecular flexibility index (Phi) is 5.65. The Labute approximate surface area is 167 Å². The largest absolute Gasteiger partial charge is 0.483 e. The molecule has 0 saturated heterocycles. The summed E-state index contributed by atoms with van der Waals surface area (Å²) in [6, 6.07) is 10.9. The van der Waals surface area contributed by atoms with Gasteiger partial charge < -0.3 is 9.30 Å². The highest BCUT2D eigenvalue weighted by molar-refractivity contribution is 7.14. The van der Waals surface area contributed by atoms with Gasteiger partial charge in [-0.2, -0.15) is 0 Å². The third-order valence-corrected chi connectivity index (χ3v) is 4.92. The second kappa shape index (κ2) is 7.98. The number of rotatable bonds is 5. The number of anilines is 1. The Morgan fingerprint density at radius 1 is 1.25 bits per heavy atom. The predicted octanol–water partition coefficient (Wildman–Crippen LogP) is 3.97. The third-order valence-electron chi connectivity index (χ3n) is 4.16. The summed E-state index contributed by atoms with van der Waals surface area (Å²) in [6.45, 7) is 6.47. The predicted molar refractivity (Wildman–Crippen MR) is 111 cm³/mol. The Bertz CT molecular complexity index is 1030. The fourth-order valence-electron chi connectivity index (χ4n) is 2.51. The minimum atomic E-state index is -0.385. The first kappa shape index (κ1) is 19.8. The molecule has 1 amide bonds. The molecule has 3 rings (SSSR count). The number of amides is 1. The summed E-state index contributed by atoms with van der Waals surface area (Å²) < 4.78 is 7.20. The second-order valence-electron chi connectivity index (χ2n) is 7.51. The van der Waals surface area contributed by atoms with E-state index in [1.165, 1.54) is 23.6 Å². The van der Waals surface area contributed by atoms with Crippen molar-refractivity contribution in [3.63, 3.8) is 0 Å². The highest BCUT2D eigenvalue weighted by Gasteiger charge is 2.19. The van der Waals surface area contributed by atoms with Crippen LogP contribution in [-0.2, 0) is 19.1 Å². The van der Waals surface area contributed by atoms with Gasteiger partial charge in [-0.05, 0) is 5.56 Å². The van der Waals surface area contributed by atoms with Gasteiger partial charge in [0.2, 0.25) is 5.43 Å². The van der Waals surface area contributed by atoms with E-state index < -0.39 is 0 Å². The Hall–Kier alpha value is -2.93. The first-order valence-corrected chi connectivity index (χ1v) is 9.77. The molecule has 1 N–H and O–H groups in total. The van der Waals surface area contributed by atoms with Gasteiger partial charge in [-0.3, -0.25) is 14.9 Å². The molecule has 0 unspecified atom stereocenters. The number of carbonyl (C=O) groups excluding carboxylic acids is 1. The maximum atomic E-state index is 12.6. The van der Waals surface area contributed by atoms with E-state index in [9.17, 15) is 9.59 Å². The second-order valence-corrected chi connectivity index (χ2v) is 8.37. The zero-order chi connectivity index (χ0) is 20.3. The minimum absolute atomic E-state index is 0.0932. The smallest absolute Gasteiger partial charge is 0.274 e. The Morgan fingerprint density at radius 3 is 2.61 bits per heavy atom. The zero-order valence-electron chi connectivity index (χ0n) is 16.4. The van der Waals surface area contributed by atoms with E-state index in [-0.39, 0.29) is 34.8 Å². The Balaban J connectivity index is 1.73. The summed E-state index contributed by atoms with van der Waals surface area (Å²) in [5.41, 5.74) is 1.68. The molecular weight excluding hydrogens is 374 g/mol. The number of thiazole rings is 1. The average Bonchev–Trinajstić information content (AvgIpc) is 3.12. The summed E-state index contributed by atoms with van der Waals surface area (Å²) in [5, 5.41) is 5.20. The van der Waals surface area contributed by atoms with Crippen molar-refractivity contribution in [2.45, 2.75) is 32.8 Å². The van der Waals surface area contributed by atoms with E-state index >= 15 is 0 Å². The molecule has 0 bridgehead atoms. The number of pyridine rings is 1. The van der Waals surface area contributed by atoms with Crippen LogP contribution in [0.15, 0.2) is 52.8 Å². The van der Waals surface area contributed by atoms with Crippen LogP contribution in [-0.4, -0.2) is 15.5 Å². The van der Waals surface area contributed by atoms with Crippen molar-refractivity contribution in [2.75, 3.05) is 5.32 Å². The SMILES string of the molecule is Cn1cc(OCc2ccccc2)c(=O)cc1C(=O)Nc1nc(C(C)(C)C)cs1. The summed E-state index contributed by atoms with van der Waals surface area (Å²) in [5.74, 6) is -0.184. The normalized spacial score (nSPS) is 11.3. The number of nitrogens with one attached hydrogen (secondary N) is 1. The van der Waals surface area contributed by atoms with Crippen LogP contribution in [0.1, 0.15) is 42.5 Å². The molecule has 7 heteroatoms. The Morgan fingerprint density at radius 2 is 1.96 bits per heavy atom. The first-order chi connectivity index (χ1) is 13.2. The molecule has 0 atom stereocenters. The highest BCUT2D eigenvalue weighted by Crippen LogP contribution is 2.26. The number of aromatic nitrogens is 2. The molecular formula is C21H23N3O3S. The number of hydrogen-bond donors (Lipinski definition) is 1. The number of aryl methyl sites for hydroxylation is 1. The molecule has 6 nitrogen and oxygen atoms in total. The average molecular weight is 398 g/mol. The van der Waals surface area contributed by atoms with Crippen molar-refractivity contribution in [3.05, 3.63) is 75.1 Å². The quantitative estimate of drug-likeness (QED) is 0.707. The third kappa shape index (κ3) is 4.67. The number of carbonyl (C=O) groups is 1. The molecule has 0 saturated carbocycles. The molecule has 0 fully saturated rings. The lowest BCUT2D eigenvalue weighted by Gasteiger charge is -2.14. The van der Waals surface area contributed by atoms with E-state index in [1.807, 2.05) is 35.7 Å². The molecule has 0 aliphatic carbocycles. The van der Waals surface area contributed by atoms with Crippen molar-refractivity contribution in [2.24, 2.45) is 7.05 Å². The van der Waals surface area contributed by atoms with Gasteiger partial charge in [-0.25, -0.2) is 4.98 Å². The van der Waals surface area contributed by atoms with Gasteiger partial charge >= 0.3 is 0 Å². The van der Waals surface area contributed by atoms with Crippen LogP contribution in [0.5, 0.6) is 5.75 Å². The van der Waals surface area contributed by atoms with E-state index in [4.69, 9.17) is 4.74 Å². The number of benzene rings is 1. The van der Waals surface area contributed by atoms with Gasteiger partial charge in [0.05, 0.1) is 11.9 Å². The number of ether oxygens (including phenoxy) is 1. The maximum Gasteiger partial charge on any atom is 0.274 e. The molecule has 0 spiro atoms. The summed E-state index contributed by atoms with van der Waals surface area (Å²) in [4.78, 5) is 29.4. The summed E-state index contributed by atoms with van der Waals surface area (Å²) in [6.07, 6.45) is 1.53. The van der Waals surface area contributed by atoms with E-state index in [2.05, 4.69) is 31.1 Å². The summed E-state index contributed by atoms with van der Waals surface area (Å²) >= 11 is 1.36. The lowest BCUT2D eigenvalue weighted by atomic mass is 9.93. The van der Waals surface area contributed by atoms with E-state index in [0.29, 0.717) is 5.13 Å². The van der Waals surface area contributed by atoms with Crippen molar-refractivity contribution < 1.29 is 9.53 Å². The van der Waals surface area contributed by atoms with Crippen LogP contribution in [0.4, 0.5) is 5.13 Å². The van der Waals surface area contributed by atoms with Crippen molar-refractivity contribution in [3.8, 4) is 5.75 Å². The topological polar surface area (TPSA) is 73.2 Å². The number of nitrogens with zero attached hydrogens (tertiary/aromatic N) is 2. The molecule has 2 aromatic heterocycles. The molecule has 146 valence electrons. The van der Waals surface area contributed by atoms with E-state index in [0.717, 1.165) is 11.3 Å². The molecule has 0 aliphatic heterocycles. The minimum Gasteiger partial charge on any atom is -0.483 e. The zero-order valence-corrected chi connectivity index (χ0v) is 17.2. The highest BCUT2D eigenvalue weighted by atomic mass is 32.1. The van der Waals surface area contributed by atoms with Gasteiger partial charge in [-0.15, -0.1) is 11.3 Å². The van der Waals surface area contributed by atoms with Gasteiger partial charge in [0.25, 0.3) is 5.91 Å². The fourth-order valence-corrected chi connectivity index (χ4v) is 3.44. The van der Waals surface area contributed by atoms with Crippen molar-refractivity contribution in [1.29, 1.82) is 0 Å². The van der Waals surface area contributed by atoms with Crippen molar-refractivity contribution in [1.82, 2.24) is 9.55 Å². The molecule has 0 radical (unpaired) electrons. The fraction of sp³-hybridized carbons (Fsp3) is 0.286. The summed E-state index contributed by atoms with van der Waals surface area (Å²) in [7, 11) is 1.70. The number of hydrogen-bond acceptors (Lipinski definition) is 5. The molecule has 3 aromatic rings. The van der Waals surface area contributed by atoms with E-state index in [1.54, 1.807) is 11.6 Å². The molecule has 28 heavy (non-hydrogen) atoms. The standard InChI is InChI=1S/C21H23N3O3S/c1-21(2,3)18-13-28-20(22-18)23-19(26)15-10-16(25)17(11-24(15)4)27-12-14-8-6-5-7-9-14/h5-11,13H,12H2,1-4H3,(H,22,23,26). The van der Waals surface area contributed by atoms with Crippen LogP contribution in [0.2, 0.25) is 0 Å². The van der Waals surface area contributed by atoms with Gasteiger partial charge in [0, 0.05) is 23.9 Å².